The number of hydrogen-bond donors (Lipinski definition) is 2. The summed E-state index contributed by atoms with van der Waals surface area (Å²) in [5.74, 6) is 0.142. The van der Waals surface area contributed by atoms with Gasteiger partial charge in [0.05, 0.1) is 12.0 Å². The molecule has 0 saturated heterocycles. The van der Waals surface area contributed by atoms with Crippen molar-refractivity contribution < 1.29 is 14.3 Å². The van der Waals surface area contributed by atoms with Gasteiger partial charge in [-0.25, -0.2) is 4.99 Å². The second-order valence-corrected chi connectivity index (χ2v) is 6.06. The van der Waals surface area contributed by atoms with Crippen LogP contribution in [-0.2, 0) is 20.9 Å². The summed E-state index contributed by atoms with van der Waals surface area (Å²) >= 11 is 0. The summed E-state index contributed by atoms with van der Waals surface area (Å²) in [6.45, 7) is 0.257. The molecule has 1 fully saturated rings. The molecule has 6 nitrogen and oxygen atoms in total. The van der Waals surface area contributed by atoms with Gasteiger partial charge >= 0.3 is 5.97 Å². The minimum atomic E-state index is -0.425. The van der Waals surface area contributed by atoms with Crippen LogP contribution in [0.3, 0.4) is 0 Å². The van der Waals surface area contributed by atoms with Crippen LogP contribution >= 0.6 is 0 Å². The average Bonchev–Trinajstić information content (AvgIpc) is 2.91. The van der Waals surface area contributed by atoms with Crippen molar-refractivity contribution in [3.63, 3.8) is 0 Å². The third-order valence-electron chi connectivity index (χ3n) is 4.24. The van der Waals surface area contributed by atoms with Crippen LogP contribution in [0.15, 0.2) is 59.6 Å². The average molecular weight is 339 g/mol. The summed E-state index contributed by atoms with van der Waals surface area (Å²) < 4.78 is 5.42. The lowest BCUT2D eigenvalue weighted by Crippen LogP contribution is -2.43. The Kier molecular flexibility index (Phi) is 5.61. The molecule has 3 rings (SSSR count). The molecule has 1 aromatic carbocycles. The van der Waals surface area contributed by atoms with Crippen LogP contribution in [0.4, 0.5) is 0 Å². The molecule has 2 unspecified atom stereocenters. The number of carbonyl (C=O) groups excluding carboxylic acids is 2. The zero-order valence-corrected chi connectivity index (χ0v) is 13.9. The van der Waals surface area contributed by atoms with E-state index in [1.54, 1.807) is 24.7 Å². The van der Waals surface area contributed by atoms with Gasteiger partial charge in [-0.15, -0.1) is 0 Å². The molecule has 0 radical (unpaired) electrons. The highest BCUT2D eigenvalue weighted by Gasteiger charge is 2.33. The Hall–Kier alpha value is -2.89. The Balaban J connectivity index is 1.55. The number of nitrogens with zero attached hydrogens (tertiary/aromatic N) is 1. The van der Waals surface area contributed by atoms with Gasteiger partial charge in [0.25, 0.3) is 0 Å². The second-order valence-electron chi connectivity index (χ2n) is 6.06. The summed E-state index contributed by atoms with van der Waals surface area (Å²) in [4.78, 5) is 28.7. The van der Waals surface area contributed by atoms with Crippen LogP contribution in [0, 0.1) is 5.92 Å². The molecular formula is C19H21N3O3. The van der Waals surface area contributed by atoms with Gasteiger partial charge in [0.1, 0.15) is 12.4 Å². The predicted octanol–water partition coefficient (Wildman–Crippen LogP) is 2.04. The molecule has 25 heavy (non-hydrogen) atoms. The second kappa shape index (κ2) is 8.28. The number of ether oxygens (including phenoxy) is 1. The Morgan fingerprint density at radius 3 is 3.00 bits per heavy atom. The Morgan fingerprint density at radius 1 is 1.32 bits per heavy atom. The lowest BCUT2D eigenvalue weighted by Gasteiger charge is -2.28. The number of ketones is 1. The predicted molar refractivity (Wildman–Crippen MR) is 94.4 cm³/mol. The molecule has 0 amide bonds. The van der Waals surface area contributed by atoms with E-state index >= 15 is 0 Å². The molecule has 130 valence electrons. The smallest absolute Gasteiger partial charge is 0.309 e. The Labute approximate surface area is 146 Å². The van der Waals surface area contributed by atoms with Gasteiger partial charge in [-0.1, -0.05) is 30.3 Å². The van der Waals surface area contributed by atoms with E-state index in [1.807, 2.05) is 30.3 Å². The third-order valence-corrected chi connectivity index (χ3v) is 4.24. The van der Waals surface area contributed by atoms with E-state index in [0.29, 0.717) is 25.1 Å². The van der Waals surface area contributed by atoms with Crippen molar-refractivity contribution in [2.24, 2.45) is 10.9 Å². The summed E-state index contributed by atoms with van der Waals surface area (Å²) in [5.41, 5.74) is 0.953. The van der Waals surface area contributed by atoms with Crippen molar-refractivity contribution in [1.82, 2.24) is 10.6 Å². The van der Waals surface area contributed by atoms with E-state index in [1.165, 1.54) is 0 Å². The fourth-order valence-corrected chi connectivity index (χ4v) is 2.87. The zero-order chi connectivity index (χ0) is 17.5. The standard InChI is InChI=1S/C19H21N3O3/c23-17-8-7-15(19(24)25-13-14-5-2-1-3-6-14)11-16(17)22-18-12-20-9-4-10-21-18/h1-6,9-10,12,15-16,20,22H,7-8,11,13H2. The van der Waals surface area contributed by atoms with Crippen LogP contribution in [0.2, 0.25) is 0 Å². The molecule has 0 aromatic heterocycles. The molecule has 6 heteroatoms. The minimum Gasteiger partial charge on any atom is -0.461 e. The van der Waals surface area contributed by atoms with E-state index in [9.17, 15) is 9.59 Å². The van der Waals surface area contributed by atoms with Gasteiger partial charge in [0.15, 0.2) is 5.78 Å². The SMILES string of the molecule is O=C(OCc1ccccc1)C1CCC(=O)C(NC2=CNC=CC=N2)C1. The van der Waals surface area contributed by atoms with Crippen LogP contribution < -0.4 is 10.6 Å². The molecule has 2 atom stereocenters. The largest absolute Gasteiger partial charge is 0.461 e. The van der Waals surface area contributed by atoms with Crippen LogP contribution in [0.5, 0.6) is 0 Å². The number of hydrogen-bond acceptors (Lipinski definition) is 6. The molecule has 0 bridgehead atoms. The topological polar surface area (TPSA) is 79.8 Å². The normalized spacial score (nSPS) is 22.6. The van der Waals surface area contributed by atoms with Crippen molar-refractivity contribution in [3.05, 3.63) is 60.2 Å². The summed E-state index contributed by atoms with van der Waals surface area (Å²) in [5, 5.41) is 6.05. The minimum absolute atomic E-state index is 0.0976. The van der Waals surface area contributed by atoms with E-state index in [4.69, 9.17) is 4.74 Å². The first kappa shape index (κ1) is 17.0. The molecular weight excluding hydrogens is 318 g/mol. The van der Waals surface area contributed by atoms with Crippen molar-refractivity contribution >= 4 is 18.0 Å². The number of aliphatic imine (C=N–C) groups is 1. The van der Waals surface area contributed by atoms with Gasteiger partial charge in [-0.3, -0.25) is 9.59 Å². The fraction of sp³-hybridized carbons (Fsp3) is 0.316. The molecule has 2 N–H and O–H groups in total. The van der Waals surface area contributed by atoms with Crippen molar-refractivity contribution in [2.75, 3.05) is 0 Å². The summed E-state index contributed by atoms with van der Waals surface area (Å²) in [6.07, 6.45) is 8.15. The van der Waals surface area contributed by atoms with Gasteiger partial charge < -0.3 is 15.4 Å². The highest BCUT2D eigenvalue weighted by molar-refractivity contribution is 5.87. The lowest BCUT2D eigenvalue weighted by atomic mass is 9.85. The van der Waals surface area contributed by atoms with Gasteiger partial charge in [0.2, 0.25) is 0 Å². The maximum atomic E-state index is 12.3. The summed E-state index contributed by atoms with van der Waals surface area (Å²) in [6, 6.07) is 9.15. The monoisotopic (exact) mass is 339 g/mol. The van der Waals surface area contributed by atoms with Gasteiger partial charge in [0, 0.05) is 25.0 Å². The highest BCUT2D eigenvalue weighted by atomic mass is 16.5. The summed E-state index contributed by atoms with van der Waals surface area (Å²) in [7, 11) is 0. The molecule has 1 aliphatic carbocycles. The number of benzene rings is 1. The number of nitrogens with one attached hydrogen (secondary N) is 2. The van der Waals surface area contributed by atoms with Gasteiger partial charge in [-0.05, 0) is 24.5 Å². The molecule has 2 aliphatic rings. The Bertz CT molecular complexity index is 710. The molecule has 1 heterocycles. The molecule has 1 aliphatic heterocycles. The van der Waals surface area contributed by atoms with Crippen LogP contribution in [-0.4, -0.2) is 24.0 Å². The van der Waals surface area contributed by atoms with E-state index in [2.05, 4.69) is 15.6 Å². The number of rotatable bonds is 5. The molecule has 1 saturated carbocycles. The Morgan fingerprint density at radius 2 is 2.16 bits per heavy atom. The van der Waals surface area contributed by atoms with E-state index < -0.39 is 6.04 Å². The van der Waals surface area contributed by atoms with Crippen molar-refractivity contribution in [3.8, 4) is 0 Å². The first-order valence-electron chi connectivity index (χ1n) is 8.37. The van der Waals surface area contributed by atoms with Gasteiger partial charge in [-0.2, -0.15) is 0 Å². The zero-order valence-electron chi connectivity index (χ0n) is 13.9. The number of Topliss-reactive ketones (excluding diaryl/α,β-unsaturated/α-hetero) is 1. The maximum Gasteiger partial charge on any atom is 0.309 e. The lowest BCUT2D eigenvalue weighted by molar-refractivity contribution is -0.151. The quantitative estimate of drug-likeness (QED) is 0.803. The number of esters is 1. The number of carbonyl (C=O) groups is 2. The number of allylic oxidation sites excluding steroid dienone is 1. The molecule has 1 aromatic rings. The first-order chi connectivity index (χ1) is 12.2. The van der Waals surface area contributed by atoms with E-state index in [-0.39, 0.29) is 24.3 Å². The third kappa shape index (κ3) is 4.79. The fourth-order valence-electron chi connectivity index (χ4n) is 2.87. The van der Waals surface area contributed by atoms with Crippen molar-refractivity contribution in [1.29, 1.82) is 0 Å². The van der Waals surface area contributed by atoms with Crippen LogP contribution in [0.25, 0.3) is 0 Å². The van der Waals surface area contributed by atoms with Crippen molar-refractivity contribution in [2.45, 2.75) is 31.9 Å². The van der Waals surface area contributed by atoms with Crippen LogP contribution in [0.1, 0.15) is 24.8 Å². The maximum absolute atomic E-state index is 12.3. The first-order valence-corrected chi connectivity index (χ1v) is 8.37. The highest BCUT2D eigenvalue weighted by Crippen LogP contribution is 2.24. The van der Waals surface area contributed by atoms with E-state index in [0.717, 1.165) is 5.56 Å². The molecule has 0 spiro atoms.